The summed E-state index contributed by atoms with van der Waals surface area (Å²) in [5, 5.41) is 8.21. The molecule has 33 heavy (non-hydrogen) atoms. The zero-order valence-corrected chi connectivity index (χ0v) is 20.7. The van der Waals surface area contributed by atoms with E-state index in [0.717, 1.165) is 20.4 Å². The van der Waals surface area contributed by atoms with Crippen molar-refractivity contribution in [1.82, 2.24) is 18.9 Å². The number of aromatic nitrogens is 3. The second-order valence-electron chi connectivity index (χ2n) is 7.27. The van der Waals surface area contributed by atoms with E-state index in [9.17, 15) is 12.8 Å². The van der Waals surface area contributed by atoms with Crippen LogP contribution >= 0.6 is 27.5 Å². The van der Waals surface area contributed by atoms with E-state index in [4.69, 9.17) is 11.6 Å². The Morgan fingerprint density at radius 2 is 1.91 bits per heavy atom. The molecule has 172 valence electrons. The van der Waals surface area contributed by atoms with Crippen LogP contribution in [0.2, 0.25) is 5.02 Å². The average Bonchev–Trinajstić information content (AvgIpc) is 3.17. The number of nitrogens with one attached hydrogen (secondary N) is 1. The van der Waals surface area contributed by atoms with Crippen LogP contribution in [0.5, 0.6) is 0 Å². The Kier molecular flexibility index (Phi) is 6.99. The van der Waals surface area contributed by atoms with Gasteiger partial charge in [-0.1, -0.05) is 41.9 Å². The third-order valence-electron chi connectivity index (χ3n) is 5.06. The minimum Gasteiger partial charge on any atom is -0.370 e. The summed E-state index contributed by atoms with van der Waals surface area (Å²) in [5.41, 5.74) is 2.08. The van der Waals surface area contributed by atoms with E-state index in [2.05, 4.69) is 31.3 Å². The van der Waals surface area contributed by atoms with Crippen molar-refractivity contribution < 1.29 is 12.8 Å². The highest BCUT2D eigenvalue weighted by atomic mass is 79.9. The number of hydrogen-bond acceptors (Lipinski definition) is 5. The lowest BCUT2D eigenvalue weighted by Crippen LogP contribution is -2.29. The number of rotatable bonds is 8. The summed E-state index contributed by atoms with van der Waals surface area (Å²) >= 11 is 9.82. The molecule has 0 saturated heterocycles. The summed E-state index contributed by atoms with van der Waals surface area (Å²) < 4.78 is 42.8. The van der Waals surface area contributed by atoms with Crippen molar-refractivity contribution in [2.75, 3.05) is 25.5 Å². The van der Waals surface area contributed by atoms with Crippen LogP contribution in [0, 0.1) is 5.82 Å². The maximum atomic E-state index is 14.0. The van der Waals surface area contributed by atoms with Crippen molar-refractivity contribution in [3.05, 3.63) is 76.1 Å². The first-order valence-electron chi connectivity index (χ1n) is 10.0. The standard InChI is InChI=1S/C22H20BrClFN5O2S/c1-29(33(31,32)20-10-5-4-9-18(20)25)12-6-11-26-21-13-19(15-7-2-3-8-17(15)24)28-22-16(23)14-27-30(21)22/h2-5,7-10,13-14,26H,6,11-12H2,1H3. The van der Waals surface area contributed by atoms with Gasteiger partial charge in [0.1, 0.15) is 16.5 Å². The normalized spacial score (nSPS) is 11.9. The Labute approximate surface area is 204 Å². The summed E-state index contributed by atoms with van der Waals surface area (Å²) in [6.45, 7) is 0.660. The molecule has 7 nitrogen and oxygen atoms in total. The molecule has 0 radical (unpaired) electrons. The molecule has 2 aromatic heterocycles. The summed E-state index contributed by atoms with van der Waals surface area (Å²) in [4.78, 5) is 4.33. The van der Waals surface area contributed by atoms with E-state index in [1.807, 2.05) is 24.3 Å². The Balaban J connectivity index is 1.50. The molecule has 11 heteroatoms. The Bertz CT molecular complexity index is 1410. The first kappa shape index (κ1) is 23.6. The molecule has 4 aromatic rings. The van der Waals surface area contributed by atoms with Gasteiger partial charge in [-0.15, -0.1) is 0 Å². The largest absolute Gasteiger partial charge is 0.370 e. The van der Waals surface area contributed by atoms with Crippen LogP contribution in [-0.2, 0) is 10.0 Å². The lowest BCUT2D eigenvalue weighted by molar-refractivity contribution is 0.459. The minimum atomic E-state index is -3.91. The molecule has 0 fully saturated rings. The van der Waals surface area contributed by atoms with E-state index in [1.165, 1.54) is 25.2 Å². The SMILES string of the molecule is CN(CCCNc1cc(-c2ccccc2Cl)nc2c(Br)cnn12)S(=O)(=O)c1ccccc1F. The van der Waals surface area contributed by atoms with Crippen molar-refractivity contribution in [2.45, 2.75) is 11.3 Å². The second kappa shape index (κ2) is 9.76. The van der Waals surface area contributed by atoms with Gasteiger partial charge >= 0.3 is 0 Å². The van der Waals surface area contributed by atoms with Crippen LogP contribution in [0.15, 0.2) is 70.2 Å². The van der Waals surface area contributed by atoms with Gasteiger partial charge in [0.05, 0.1) is 16.4 Å². The molecule has 2 aromatic carbocycles. The second-order valence-corrected chi connectivity index (χ2v) is 10.5. The number of fused-ring (bicyclic) bond motifs is 1. The molecular formula is C22H20BrClFN5O2S. The maximum absolute atomic E-state index is 14.0. The van der Waals surface area contributed by atoms with Crippen LogP contribution < -0.4 is 5.32 Å². The minimum absolute atomic E-state index is 0.206. The van der Waals surface area contributed by atoms with Crippen molar-refractivity contribution in [2.24, 2.45) is 0 Å². The molecule has 0 unspecified atom stereocenters. The Morgan fingerprint density at radius 3 is 2.67 bits per heavy atom. The topological polar surface area (TPSA) is 79.6 Å². The highest BCUT2D eigenvalue weighted by molar-refractivity contribution is 9.10. The molecule has 2 heterocycles. The van der Waals surface area contributed by atoms with Gasteiger partial charge in [0.2, 0.25) is 10.0 Å². The summed E-state index contributed by atoms with van der Waals surface area (Å²) in [7, 11) is -2.47. The molecule has 0 saturated carbocycles. The fraction of sp³-hybridized carbons (Fsp3) is 0.182. The van der Waals surface area contributed by atoms with Gasteiger partial charge in [-0.05, 0) is 40.5 Å². The lowest BCUT2D eigenvalue weighted by atomic mass is 10.1. The van der Waals surface area contributed by atoms with Crippen LogP contribution in [0.3, 0.4) is 0 Å². The zero-order chi connectivity index (χ0) is 23.6. The molecule has 1 N–H and O–H groups in total. The van der Waals surface area contributed by atoms with Crippen LogP contribution in [-0.4, -0.2) is 47.5 Å². The predicted molar refractivity (Wildman–Crippen MR) is 130 cm³/mol. The first-order chi connectivity index (χ1) is 15.8. The molecule has 0 atom stereocenters. The summed E-state index contributed by atoms with van der Waals surface area (Å²) in [6.07, 6.45) is 2.14. The van der Waals surface area contributed by atoms with Crippen molar-refractivity contribution >= 4 is 49.0 Å². The molecule has 0 aliphatic heterocycles. The molecule has 0 bridgehead atoms. The number of sulfonamides is 1. The molecule has 0 amide bonds. The monoisotopic (exact) mass is 551 g/mol. The zero-order valence-electron chi connectivity index (χ0n) is 17.5. The quantitative estimate of drug-likeness (QED) is 0.309. The van der Waals surface area contributed by atoms with Crippen molar-refractivity contribution in [3.8, 4) is 11.3 Å². The van der Waals surface area contributed by atoms with E-state index >= 15 is 0 Å². The number of halogens is 3. The van der Waals surface area contributed by atoms with E-state index in [1.54, 1.807) is 16.8 Å². The average molecular weight is 553 g/mol. The number of benzene rings is 2. The number of nitrogens with zero attached hydrogens (tertiary/aromatic N) is 4. The Morgan fingerprint density at radius 1 is 1.18 bits per heavy atom. The highest BCUT2D eigenvalue weighted by Crippen LogP contribution is 2.30. The maximum Gasteiger partial charge on any atom is 0.245 e. The van der Waals surface area contributed by atoms with Gasteiger partial charge < -0.3 is 5.32 Å². The lowest BCUT2D eigenvalue weighted by Gasteiger charge is -2.18. The van der Waals surface area contributed by atoms with Crippen molar-refractivity contribution in [3.63, 3.8) is 0 Å². The fourth-order valence-corrected chi connectivity index (χ4v) is 5.18. The first-order valence-corrected chi connectivity index (χ1v) is 12.6. The predicted octanol–water partition coefficient (Wildman–Crippen LogP) is 5.07. The third kappa shape index (κ3) is 4.89. The van der Waals surface area contributed by atoms with Gasteiger partial charge in [0, 0.05) is 36.8 Å². The summed E-state index contributed by atoms with van der Waals surface area (Å²) in [6, 6.07) is 14.6. The third-order valence-corrected chi connectivity index (χ3v) is 7.84. The van der Waals surface area contributed by atoms with Gasteiger partial charge in [-0.3, -0.25) is 0 Å². The molecule has 0 spiro atoms. The summed E-state index contributed by atoms with van der Waals surface area (Å²) in [5.74, 6) is -0.0850. The van der Waals surface area contributed by atoms with E-state index < -0.39 is 15.8 Å². The number of hydrogen-bond donors (Lipinski definition) is 1. The van der Waals surface area contributed by atoms with Crippen LogP contribution in [0.1, 0.15) is 6.42 Å². The van der Waals surface area contributed by atoms with Gasteiger partial charge in [-0.25, -0.2) is 22.1 Å². The molecular weight excluding hydrogens is 533 g/mol. The van der Waals surface area contributed by atoms with E-state index in [0.29, 0.717) is 35.1 Å². The molecule has 0 aliphatic carbocycles. The van der Waals surface area contributed by atoms with Gasteiger partial charge in [-0.2, -0.15) is 9.61 Å². The number of anilines is 1. The van der Waals surface area contributed by atoms with Crippen LogP contribution in [0.4, 0.5) is 10.2 Å². The van der Waals surface area contributed by atoms with E-state index in [-0.39, 0.29) is 11.4 Å². The van der Waals surface area contributed by atoms with Gasteiger partial charge in [0.15, 0.2) is 5.65 Å². The smallest absolute Gasteiger partial charge is 0.245 e. The Hall–Kier alpha value is -2.53. The van der Waals surface area contributed by atoms with Crippen molar-refractivity contribution in [1.29, 1.82) is 0 Å². The van der Waals surface area contributed by atoms with Crippen LogP contribution in [0.25, 0.3) is 16.9 Å². The molecule has 0 aliphatic rings. The van der Waals surface area contributed by atoms with Gasteiger partial charge in [0.25, 0.3) is 0 Å². The molecule has 4 rings (SSSR count). The fourth-order valence-electron chi connectivity index (χ4n) is 3.33. The highest BCUT2D eigenvalue weighted by Gasteiger charge is 2.23.